The van der Waals surface area contributed by atoms with Crippen molar-refractivity contribution in [2.45, 2.75) is 0 Å². The van der Waals surface area contributed by atoms with Crippen LogP contribution in [0.3, 0.4) is 0 Å². The maximum absolute atomic E-state index is 11.2. The fourth-order valence-corrected chi connectivity index (χ4v) is 1.64. The Kier molecular flexibility index (Phi) is 9.80. The number of primary amides is 1. The summed E-state index contributed by atoms with van der Waals surface area (Å²) < 4.78 is 20.6. The van der Waals surface area contributed by atoms with Gasteiger partial charge in [0, 0.05) is 12.2 Å². The molecule has 130 valence electrons. The lowest BCUT2D eigenvalue weighted by atomic mass is 10.5. The van der Waals surface area contributed by atoms with Crippen LogP contribution in [0.4, 0.5) is 0 Å². The molecule has 0 radical (unpaired) electrons. The number of nitrogens with zero attached hydrogens (tertiary/aromatic N) is 1. The van der Waals surface area contributed by atoms with Gasteiger partial charge in [-0.2, -0.15) is 0 Å². The SMILES string of the molecule is NC(=O)COCCOCCOCCOCCN1C(=O)C=CC1=O. The molecule has 1 aliphatic rings. The third-order valence-electron chi connectivity index (χ3n) is 2.72. The zero-order valence-electron chi connectivity index (χ0n) is 12.9. The van der Waals surface area contributed by atoms with Gasteiger partial charge in [-0.15, -0.1) is 0 Å². The normalized spacial score (nSPS) is 14.0. The Bertz CT molecular complexity index is 407. The van der Waals surface area contributed by atoms with E-state index in [2.05, 4.69) is 0 Å². The monoisotopic (exact) mass is 330 g/mol. The van der Waals surface area contributed by atoms with Crippen molar-refractivity contribution >= 4 is 17.7 Å². The number of ether oxygens (including phenoxy) is 4. The van der Waals surface area contributed by atoms with Crippen LogP contribution in [0.15, 0.2) is 12.2 Å². The molecule has 0 aromatic heterocycles. The number of rotatable bonds is 14. The van der Waals surface area contributed by atoms with Crippen molar-refractivity contribution in [1.29, 1.82) is 0 Å². The Labute approximate surface area is 134 Å². The topological polar surface area (TPSA) is 117 Å². The van der Waals surface area contributed by atoms with Crippen LogP contribution >= 0.6 is 0 Å². The zero-order valence-corrected chi connectivity index (χ0v) is 12.9. The summed E-state index contributed by atoms with van der Waals surface area (Å²) in [7, 11) is 0. The summed E-state index contributed by atoms with van der Waals surface area (Å²) in [6.07, 6.45) is 2.48. The highest BCUT2D eigenvalue weighted by Crippen LogP contribution is 2.02. The molecule has 0 aromatic rings. The first kappa shape index (κ1) is 19.2. The van der Waals surface area contributed by atoms with Gasteiger partial charge < -0.3 is 24.7 Å². The van der Waals surface area contributed by atoms with Crippen molar-refractivity contribution in [1.82, 2.24) is 4.90 Å². The maximum Gasteiger partial charge on any atom is 0.253 e. The molecular weight excluding hydrogens is 308 g/mol. The average molecular weight is 330 g/mol. The Morgan fingerprint density at radius 2 is 1.26 bits per heavy atom. The third-order valence-corrected chi connectivity index (χ3v) is 2.72. The summed E-state index contributed by atoms with van der Waals surface area (Å²) in [5, 5.41) is 0. The second kappa shape index (κ2) is 11.7. The van der Waals surface area contributed by atoms with E-state index < -0.39 is 5.91 Å². The lowest BCUT2D eigenvalue weighted by Gasteiger charge is -2.13. The van der Waals surface area contributed by atoms with Gasteiger partial charge in [0.1, 0.15) is 6.61 Å². The summed E-state index contributed by atoms with van der Waals surface area (Å²) in [5.41, 5.74) is 4.90. The van der Waals surface area contributed by atoms with Crippen LogP contribution in [0.25, 0.3) is 0 Å². The van der Waals surface area contributed by atoms with E-state index in [0.29, 0.717) is 39.6 Å². The average Bonchev–Trinajstić information content (AvgIpc) is 2.83. The molecule has 1 heterocycles. The van der Waals surface area contributed by atoms with Crippen LogP contribution in [-0.2, 0) is 33.3 Å². The van der Waals surface area contributed by atoms with E-state index in [9.17, 15) is 14.4 Å². The van der Waals surface area contributed by atoms with Crippen LogP contribution in [0.5, 0.6) is 0 Å². The molecule has 23 heavy (non-hydrogen) atoms. The Hall–Kier alpha value is -1.81. The smallest absolute Gasteiger partial charge is 0.253 e. The summed E-state index contributed by atoms with van der Waals surface area (Å²) in [5.74, 6) is -1.14. The molecule has 0 fully saturated rings. The number of hydrogen-bond donors (Lipinski definition) is 1. The fraction of sp³-hybridized carbons (Fsp3) is 0.643. The molecule has 0 atom stereocenters. The Balaban J connectivity index is 1.79. The van der Waals surface area contributed by atoms with Gasteiger partial charge in [-0.3, -0.25) is 19.3 Å². The first-order chi connectivity index (χ1) is 11.1. The summed E-state index contributed by atoms with van der Waals surface area (Å²) in [4.78, 5) is 34.0. The minimum Gasteiger partial charge on any atom is -0.377 e. The van der Waals surface area contributed by atoms with E-state index in [1.807, 2.05) is 0 Å². The molecule has 1 aliphatic heterocycles. The predicted molar refractivity (Wildman–Crippen MR) is 78.3 cm³/mol. The van der Waals surface area contributed by atoms with Crippen LogP contribution in [-0.4, -0.2) is 82.0 Å². The molecule has 0 bridgehead atoms. The molecule has 3 amide bonds. The van der Waals surface area contributed by atoms with E-state index >= 15 is 0 Å². The highest BCUT2D eigenvalue weighted by Gasteiger charge is 2.22. The predicted octanol–water partition coefficient (Wildman–Crippen LogP) is -1.54. The van der Waals surface area contributed by atoms with Gasteiger partial charge in [0.25, 0.3) is 11.8 Å². The highest BCUT2D eigenvalue weighted by molar-refractivity contribution is 6.12. The molecule has 0 saturated heterocycles. The van der Waals surface area contributed by atoms with E-state index in [-0.39, 0.29) is 31.6 Å². The number of hydrogen-bond acceptors (Lipinski definition) is 7. The van der Waals surface area contributed by atoms with Crippen LogP contribution < -0.4 is 5.73 Å². The molecule has 9 heteroatoms. The second-order valence-electron chi connectivity index (χ2n) is 4.52. The molecule has 0 aromatic carbocycles. The standard InChI is InChI=1S/C14H22N2O7/c15-12(17)11-23-10-9-22-8-7-21-6-5-20-4-3-16-13(18)1-2-14(16)19/h1-2H,3-11H2,(H2,15,17). The molecule has 0 aliphatic carbocycles. The van der Waals surface area contributed by atoms with E-state index in [0.717, 1.165) is 4.90 Å². The highest BCUT2D eigenvalue weighted by atomic mass is 16.6. The van der Waals surface area contributed by atoms with Crippen LogP contribution in [0.1, 0.15) is 0 Å². The van der Waals surface area contributed by atoms with Crippen molar-refractivity contribution < 1.29 is 33.3 Å². The fourth-order valence-electron chi connectivity index (χ4n) is 1.64. The van der Waals surface area contributed by atoms with E-state index in [1.54, 1.807) is 0 Å². The first-order valence-electron chi connectivity index (χ1n) is 7.24. The van der Waals surface area contributed by atoms with Crippen molar-refractivity contribution in [2.75, 3.05) is 59.4 Å². The summed E-state index contributed by atoms with van der Waals surface area (Å²) in [6.45, 7) is 2.63. The molecule has 0 spiro atoms. The first-order valence-corrected chi connectivity index (χ1v) is 7.24. The Morgan fingerprint density at radius 3 is 1.74 bits per heavy atom. The van der Waals surface area contributed by atoms with Gasteiger partial charge in [-0.05, 0) is 0 Å². The number of carbonyl (C=O) groups excluding carboxylic acids is 3. The van der Waals surface area contributed by atoms with Gasteiger partial charge in [0.15, 0.2) is 0 Å². The molecule has 0 saturated carbocycles. The summed E-state index contributed by atoms with van der Waals surface area (Å²) in [6, 6.07) is 0. The number of nitrogens with two attached hydrogens (primary N) is 1. The Morgan fingerprint density at radius 1 is 0.826 bits per heavy atom. The number of amides is 3. The lowest BCUT2D eigenvalue weighted by molar-refractivity contribution is -0.137. The van der Waals surface area contributed by atoms with Gasteiger partial charge in [-0.25, -0.2) is 0 Å². The number of imide groups is 1. The summed E-state index contributed by atoms with van der Waals surface area (Å²) >= 11 is 0. The molecule has 9 nitrogen and oxygen atoms in total. The van der Waals surface area contributed by atoms with Gasteiger partial charge in [-0.1, -0.05) is 0 Å². The van der Waals surface area contributed by atoms with Crippen LogP contribution in [0.2, 0.25) is 0 Å². The van der Waals surface area contributed by atoms with Gasteiger partial charge in [0.2, 0.25) is 5.91 Å². The molecule has 0 unspecified atom stereocenters. The van der Waals surface area contributed by atoms with Crippen LogP contribution in [0, 0.1) is 0 Å². The minimum absolute atomic E-state index is 0.109. The van der Waals surface area contributed by atoms with Gasteiger partial charge in [0.05, 0.1) is 52.8 Å². The molecule has 1 rings (SSSR count). The molecular formula is C14H22N2O7. The molecule has 2 N–H and O–H groups in total. The number of carbonyl (C=O) groups is 3. The van der Waals surface area contributed by atoms with Crippen molar-refractivity contribution in [3.8, 4) is 0 Å². The van der Waals surface area contributed by atoms with Gasteiger partial charge >= 0.3 is 0 Å². The van der Waals surface area contributed by atoms with Crippen molar-refractivity contribution in [3.63, 3.8) is 0 Å². The third kappa shape index (κ3) is 9.04. The maximum atomic E-state index is 11.2. The lowest BCUT2D eigenvalue weighted by Crippen LogP contribution is -2.33. The minimum atomic E-state index is -0.511. The quantitative estimate of drug-likeness (QED) is 0.303. The largest absolute Gasteiger partial charge is 0.377 e. The van der Waals surface area contributed by atoms with Crippen molar-refractivity contribution in [2.24, 2.45) is 5.73 Å². The second-order valence-corrected chi connectivity index (χ2v) is 4.52. The van der Waals surface area contributed by atoms with Crippen molar-refractivity contribution in [3.05, 3.63) is 12.2 Å². The van der Waals surface area contributed by atoms with E-state index in [1.165, 1.54) is 12.2 Å². The zero-order chi connectivity index (χ0) is 16.9. The van der Waals surface area contributed by atoms with E-state index in [4.69, 9.17) is 24.7 Å².